The summed E-state index contributed by atoms with van der Waals surface area (Å²) in [6.45, 7) is -2.95. The first kappa shape index (κ1) is 34.5. The van der Waals surface area contributed by atoms with Crippen LogP contribution in [0.5, 0.6) is 0 Å². The van der Waals surface area contributed by atoms with Crippen LogP contribution in [0.25, 0.3) is 0 Å². The maximum Gasteiger partial charge on any atom is 0.187 e. The van der Waals surface area contributed by atoms with Gasteiger partial charge in [-0.2, -0.15) is 0 Å². The van der Waals surface area contributed by atoms with Gasteiger partial charge in [0.05, 0.1) is 26.4 Å². The molecule has 0 amide bonds. The van der Waals surface area contributed by atoms with Crippen LogP contribution in [-0.4, -0.2) is 211 Å². The minimum Gasteiger partial charge on any atom is -0.394 e. The van der Waals surface area contributed by atoms with E-state index in [0.29, 0.717) is 0 Å². The summed E-state index contributed by atoms with van der Waals surface area (Å²) in [7, 11) is 0. The molecule has 0 spiro atoms. The highest BCUT2D eigenvalue weighted by atomic mass is 16.8. The molecule has 0 aromatic rings. The monoisotopic (exact) mass is 648 g/mol. The third kappa shape index (κ3) is 6.50. The van der Waals surface area contributed by atoms with Crippen molar-refractivity contribution in [1.29, 1.82) is 0 Å². The summed E-state index contributed by atoms with van der Waals surface area (Å²) in [5, 5.41) is 126. The third-order valence-corrected chi connectivity index (χ3v) is 8.41. The molecule has 0 aromatic carbocycles. The minimum atomic E-state index is -1.93. The lowest BCUT2D eigenvalue weighted by Crippen LogP contribution is -2.67. The zero-order chi connectivity index (χ0) is 32.0. The summed E-state index contributed by atoms with van der Waals surface area (Å²) in [5.74, 6) is 0. The van der Waals surface area contributed by atoms with Crippen molar-refractivity contribution in [3.8, 4) is 0 Å². The predicted molar refractivity (Wildman–Crippen MR) is 131 cm³/mol. The number of aliphatic hydroxyl groups is 12. The van der Waals surface area contributed by atoms with Crippen molar-refractivity contribution in [2.75, 3.05) is 26.4 Å². The molecule has 12 N–H and O–H groups in total. The van der Waals surface area contributed by atoms with Gasteiger partial charge in [-0.05, 0) is 0 Å². The van der Waals surface area contributed by atoms with Crippen molar-refractivity contribution in [1.82, 2.24) is 0 Å². The number of hydrogen-bond acceptors (Lipinski definition) is 20. The van der Waals surface area contributed by atoms with E-state index >= 15 is 0 Å². The van der Waals surface area contributed by atoms with E-state index in [0.717, 1.165) is 0 Å². The van der Waals surface area contributed by atoms with Crippen LogP contribution in [0.15, 0.2) is 0 Å². The Morgan fingerprint density at radius 3 is 1.07 bits per heavy atom. The molecule has 0 radical (unpaired) electrons. The van der Waals surface area contributed by atoms with Gasteiger partial charge in [0, 0.05) is 0 Å². The smallest absolute Gasteiger partial charge is 0.187 e. The van der Waals surface area contributed by atoms with Gasteiger partial charge >= 0.3 is 0 Å². The standard InChI is InChI=1S/C24H40O20/c25-1-5-11(29)19-17(35)21(39-5)37-3-7-9(27)14(32)16(34)24(42-7)44-20-12(30)6(2-26)40-22(18(20)36)38-4-8-10(28)13(31)15(33)23(41-8)43-19/h5-36H,1-4H2/t5?,6?,7?,8?,9-,10-,11-,12-,13-,14-,15?,16?,17?,18?,19-,20-,21+,22+,23-,24-/m0/s1. The second-order valence-electron chi connectivity index (χ2n) is 11.3. The van der Waals surface area contributed by atoms with Crippen molar-refractivity contribution in [3.05, 3.63) is 0 Å². The van der Waals surface area contributed by atoms with E-state index < -0.39 is 149 Å². The Labute approximate surface area is 249 Å². The Balaban J connectivity index is 1.47. The highest BCUT2D eigenvalue weighted by Crippen LogP contribution is 2.33. The molecule has 5 saturated heterocycles. The quantitative estimate of drug-likeness (QED) is 0.132. The molecule has 5 aliphatic heterocycles. The normalized spacial score (nSPS) is 55.9. The van der Waals surface area contributed by atoms with E-state index in [9.17, 15) is 61.3 Å². The summed E-state index contributed by atoms with van der Waals surface area (Å²) in [6.07, 6.45) is -34.8. The Morgan fingerprint density at radius 1 is 0.364 bits per heavy atom. The molecule has 0 saturated carbocycles. The molecular formula is C24H40O20. The molecule has 20 heteroatoms. The topological polar surface area (TPSA) is 317 Å². The maximum atomic E-state index is 11.0. The summed E-state index contributed by atoms with van der Waals surface area (Å²) in [6, 6.07) is 0. The van der Waals surface area contributed by atoms with Crippen LogP contribution in [0, 0.1) is 0 Å². The van der Waals surface area contributed by atoms with Crippen molar-refractivity contribution >= 4 is 0 Å². The molecule has 44 heavy (non-hydrogen) atoms. The lowest BCUT2D eigenvalue weighted by atomic mass is 9.96. The zero-order valence-electron chi connectivity index (χ0n) is 23.0. The summed E-state index contributed by atoms with van der Waals surface area (Å²) in [5.41, 5.74) is 0. The number of hydrogen-bond donors (Lipinski definition) is 12. The van der Waals surface area contributed by atoms with Gasteiger partial charge in [-0.3, -0.25) is 0 Å². The van der Waals surface area contributed by atoms with Crippen LogP contribution in [0.1, 0.15) is 0 Å². The molecule has 5 rings (SSSR count). The molecule has 20 nitrogen and oxygen atoms in total. The summed E-state index contributed by atoms with van der Waals surface area (Å²) >= 11 is 0. The van der Waals surface area contributed by atoms with Gasteiger partial charge in [-0.15, -0.1) is 0 Å². The molecule has 8 unspecified atom stereocenters. The largest absolute Gasteiger partial charge is 0.394 e. The predicted octanol–water partition coefficient (Wildman–Crippen LogP) is -8.70. The highest BCUT2D eigenvalue weighted by Gasteiger charge is 2.54. The van der Waals surface area contributed by atoms with E-state index in [4.69, 9.17) is 37.9 Å². The summed E-state index contributed by atoms with van der Waals surface area (Å²) < 4.78 is 44.3. The van der Waals surface area contributed by atoms with E-state index in [-0.39, 0.29) is 0 Å². The van der Waals surface area contributed by atoms with Crippen molar-refractivity contribution in [2.24, 2.45) is 0 Å². The Hall–Kier alpha value is -0.800. The van der Waals surface area contributed by atoms with E-state index in [1.165, 1.54) is 0 Å². The molecule has 20 atom stereocenters. The third-order valence-electron chi connectivity index (χ3n) is 8.41. The number of aliphatic hydroxyl groups excluding tert-OH is 12. The molecule has 5 aliphatic rings. The second kappa shape index (κ2) is 14.1. The zero-order valence-corrected chi connectivity index (χ0v) is 23.0. The molecule has 0 aromatic heterocycles. The van der Waals surface area contributed by atoms with Gasteiger partial charge in [-0.1, -0.05) is 0 Å². The first-order valence-electron chi connectivity index (χ1n) is 14.1. The van der Waals surface area contributed by atoms with Crippen LogP contribution < -0.4 is 0 Å². The molecule has 256 valence electrons. The van der Waals surface area contributed by atoms with Crippen LogP contribution in [0.2, 0.25) is 0 Å². The highest BCUT2D eigenvalue weighted by molar-refractivity contribution is 4.97. The Morgan fingerprint density at radius 2 is 0.727 bits per heavy atom. The van der Waals surface area contributed by atoms with Crippen LogP contribution in [0.3, 0.4) is 0 Å². The Bertz CT molecular complexity index is 860. The molecule has 5 fully saturated rings. The van der Waals surface area contributed by atoms with Gasteiger partial charge < -0.3 is 99.2 Å². The van der Waals surface area contributed by atoms with Gasteiger partial charge in [0.1, 0.15) is 97.7 Å². The fraction of sp³-hybridized carbons (Fsp3) is 1.00. The second-order valence-corrected chi connectivity index (χ2v) is 11.3. The lowest BCUT2D eigenvalue weighted by molar-refractivity contribution is -0.383. The van der Waals surface area contributed by atoms with E-state index in [1.54, 1.807) is 0 Å². The maximum absolute atomic E-state index is 11.0. The van der Waals surface area contributed by atoms with E-state index in [2.05, 4.69) is 0 Å². The van der Waals surface area contributed by atoms with Crippen LogP contribution in [0.4, 0.5) is 0 Å². The van der Waals surface area contributed by atoms with Crippen molar-refractivity contribution < 1.29 is 99.2 Å². The molecular weight excluding hydrogens is 608 g/mol. The fourth-order valence-corrected chi connectivity index (χ4v) is 5.73. The number of fused-ring (bicyclic) bond motifs is 8. The van der Waals surface area contributed by atoms with Gasteiger partial charge in [0.25, 0.3) is 0 Å². The molecule has 0 aliphatic carbocycles. The number of rotatable bonds is 2. The SMILES string of the molecule is OCC1O[C@H]2OCC3O[C@@H](O[C@@H]4C(O)[C@H](OCC5O[C@@H](O[C@H](C2O)[C@H]1O)C(O)[C@@H](O)[C@H]5O)OC(CO)[C@@H]4O)C(O)[C@@H](O)[C@H]3O. The van der Waals surface area contributed by atoms with Crippen molar-refractivity contribution in [3.63, 3.8) is 0 Å². The number of ether oxygens (including phenoxy) is 8. The minimum absolute atomic E-state index is 0.674. The molecule has 5 heterocycles. The van der Waals surface area contributed by atoms with Gasteiger partial charge in [-0.25, -0.2) is 0 Å². The van der Waals surface area contributed by atoms with Crippen LogP contribution in [-0.2, 0) is 37.9 Å². The van der Waals surface area contributed by atoms with Gasteiger partial charge in [0.15, 0.2) is 25.2 Å². The van der Waals surface area contributed by atoms with Crippen LogP contribution >= 0.6 is 0 Å². The van der Waals surface area contributed by atoms with Crippen molar-refractivity contribution in [2.45, 2.75) is 123 Å². The lowest BCUT2D eigenvalue weighted by Gasteiger charge is -2.48. The fourth-order valence-electron chi connectivity index (χ4n) is 5.73. The van der Waals surface area contributed by atoms with E-state index in [1.807, 2.05) is 0 Å². The first-order valence-corrected chi connectivity index (χ1v) is 14.1. The first-order chi connectivity index (χ1) is 20.9. The average molecular weight is 649 g/mol. The van der Waals surface area contributed by atoms with Gasteiger partial charge in [0.2, 0.25) is 0 Å². The molecule has 8 bridgehead atoms. The average Bonchev–Trinajstić information content (AvgIpc) is 3.01. The Kier molecular flexibility index (Phi) is 11.1. The summed E-state index contributed by atoms with van der Waals surface area (Å²) in [4.78, 5) is 0.